The second-order valence-corrected chi connectivity index (χ2v) is 10.1. The first-order chi connectivity index (χ1) is 12.3. The molecule has 3 saturated heterocycles. The van der Waals surface area contributed by atoms with E-state index in [0.717, 1.165) is 6.42 Å². The minimum atomic E-state index is -3.38. The van der Waals surface area contributed by atoms with E-state index in [1.54, 1.807) is 33.7 Å². The standard InChI is InChI=1S/C18H25N3O4S/c1-13(2)5-8-21-12-18-11-20(17(22)14-3-6-19-7-4-14)10-15(25-18)9-16(18)26(21,23)24/h3-4,6-7,13,15-16H,5,8-12H2,1-2H3/t15-,16+,18+/m1/s1. The highest BCUT2D eigenvalue weighted by Crippen LogP contribution is 2.46. The Kier molecular flexibility index (Phi) is 4.32. The summed E-state index contributed by atoms with van der Waals surface area (Å²) in [6, 6.07) is 3.38. The quantitative estimate of drug-likeness (QED) is 0.783. The lowest BCUT2D eigenvalue weighted by Gasteiger charge is -2.39. The van der Waals surface area contributed by atoms with Crippen molar-refractivity contribution in [3.8, 4) is 0 Å². The lowest BCUT2D eigenvalue weighted by Crippen LogP contribution is -2.56. The van der Waals surface area contributed by atoms with Crippen LogP contribution in [0.15, 0.2) is 24.5 Å². The summed E-state index contributed by atoms with van der Waals surface area (Å²) in [7, 11) is -3.38. The van der Waals surface area contributed by atoms with E-state index in [9.17, 15) is 13.2 Å². The van der Waals surface area contributed by atoms with Gasteiger partial charge in [0.05, 0.1) is 12.6 Å². The van der Waals surface area contributed by atoms with Gasteiger partial charge in [-0.3, -0.25) is 9.78 Å². The van der Waals surface area contributed by atoms with Gasteiger partial charge in [0, 0.05) is 37.6 Å². The van der Waals surface area contributed by atoms with Gasteiger partial charge >= 0.3 is 0 Å². The van der Waals surface area contributed by atoms with Crippen molar-refractivity contribution >= 4 is 15.9 Å². The molecule has 3 fully saturated rings. The summed E-state index contributed by atoms with van der Waals surface area (Å²) in [6.07, 6.45) is 4.28. The zero-order chi connectivity index (χ0) is 18.5. The van der Waals surface area contributed by atoms with E-state index in [0.29, 0.717) is 44.1 Å². The Morgan fingerprint density at radius 2 is 2.08 bits per heavy atom. The molecule has 0 saturated carbocycles. The molecule has 0 aliphatic carbocycles. The molecule has 1 aromatic heterocycles. The Labute approximate surface area is 154 Å². The highest BCUT2D eigenvalue weighted by Gasteiger charge is 2.65. The van der Waals surface area contributed by atoms with E-state index in [-0.39, 0.29) is 12.0 Å². The van der Waals surface area contributed by atoms with Gasteiger partial charge in [-0.1, -0.05) is 13.8 Å². The normalized spacial score (nSPS) is 32.8. The number of aromatic nitrogens is 1. The number of pyridine rings is 1. The number of fused-ring (bicyclic) bond motifs is 1. The Morgan fingerprint density at radius 3 is 2.77 bits per heavy atom. The van der Waals surface area contributed by atoms with E-state index < -0.39 is 20.9 Å². The van der Waals surface area contributed by atoms with Gasteiger partial charge in [-0.25, -0.2) is 8.42 Å². The van der Waals surface area contributed by atoms with Gasteiger partial charge in [0.2, 0.25) is 10.0 Å². The summed E-state index contributed by atoms with van der Waals surface area (Å²) < 4.78 is 33.8. The summed E-state index contributed by atoms with van der Waals surface area (Å²) >= 11 is 0. The maximum atomic E-state index is 13.0. The molecule has 0 radical (unpaired) electrons. The molecule has 4 heterocycles. The third-order valence-corrected chi connectivity index (χ3v) is 8.05. The summed E-state index contributed by atoms with van der Waals surface area (Å²) in [4.78, 5) is 18.5. The summed E-state index contributed by atoms with van der Waals surface area (Å²) in [5.41, 5.74) is -0.215. The fourth-order valence-electron chi connectivity index (χ4n) is 4.38. The van der Waals surface area contributed by atoms with Crippen LogP contribution >= 0.6 is 0 Å². The molecular formula is C18H25N3O4S. The molecule has 8 heteroatoms. The maximum Gasteiger partial charge on any atom is 0.254 e. The Balaban J connectivity index is 1.57. The molecule has 4 rings (SSSR count). The van der Waals surface area contributed by atoms with Crippen LogP contribution in [0.5, 0.6) is 0 Å². The molecular weight excluding hydrogens is 354 g/mol. The first-order valence-electron chi connectivity index (χ1n) is 9.18. The van der Waals surface area contributed by atoms with Gasteiger partial charge in [0.1, 0.15) is 10.9 Å². The number of hydrogen-bond donors (Lipinski definition) is 0. The minimum Gasteiger partial charge on any atom is -0.365 e. The lowest BCUT2D eigenvalue weighted by atomic mass is 9.99. The van der Waals surface area contributed by atoms with Crippen LogP contribution in [0.1, 0.15) is 37.0 Å². The molecule has 3 atom stereocenters. The zero-order valence-electron chi connectivity index (χ0n) is 15.2. The van der Waals surface area contributed by atoms with Crippen molar-refractivity contribution < 1.29 is 17.9 Å². The molecule has 142 valence electrons. The van der Waals surface area contributed by atoms with Crippen LogP contribution in [-0.2, 0) is 14.8 Å². The number of morpholine rings is 1. The number of carbonyl (C=O) groups is 1. The Morgan fingerprint density at radius 1 is 1.35 bits per heavy atom. The van der Waals surface area contributed by atoms with Crippen LogP contribution in [0.25, 0.3) is 0 Å². The maximum absolute atomic E-state index is 13.0. The van der Waals surface area contributed by atoms with E-state index in [4.69, 9.17) is 4.74 Å². The van der Waals surface area contributed by atoms with Crippen LogP contribution in [-0.4, -0.2) is 71.6 Å². The van der Waals surface area contributed by atoms with Crippen molar-refractivity contribution in [1.82, 2.24) is 14.2 Å². The average molecular weight is 379 g/mol. The Hall–Kier alpha value is -1.51. The van der Waals surface area contributed by atoms with Crippen LogP contribution < -0.4 is 0 Å². The van der Waals surface area contributed by atoms with Gasteiger partial charge in [0.25, 0.3) is 5.91 Å². The second-order valence-electron chi connectivity index (χ2n) is 8.01. The number of carbonyl (C=O) groups excluding carboxylic acids is 1. The van der Waals surface area contributed by atoms with Gasteiger partial charge < -0.3 is 9.64 Å². The average Bonchev–Trinajstić information content (AvgIpc) is 2.98. The van der Waals surface area contributed by atoms with Crippen molar-refractivity contribution in [2.45, 2.75) is 43.6 Å². The summed E-state index contributed by atoms with van der Waals surface area (Å²) in [5, 5.41) is -0.539. The number of likely N-dealkylation sites (tertiary alicyclic amines) is 1. The van der Waals surface area contributed by atoms with E-state index in [1.165, 1.54) is 0 Å². The van der Waals surface area contributed by atoms with E-state index in [1.807, 2.05) is 0 Å². The second kappa shape index (κ2) is 6.28. The number of ether oxygens (including phenoxy) is 1. The number of nitrogens with zero attached hydrogens (tertiary/aromatic N) is 3. The predicted molar refractivity (Wildman–Crippen MR) is 96.1 cm³/mol. The first-order valence-corrected chi connectivity index (χ1v) is 10.7. The molecule has 2 bridgehead atoms. The van der Waals surface area contributed by atoms with Crippen LogP contribution in [0.3, 0.4) is 0 Å². The molecule has 0 unspecified atom stereocenters. The minimum absolute atomic E-state index is 0.0845. The smallest absolute Gasteiger partial charge is 0.254 e. The van der Waals surface area contributed by atoms with E-state index >= 15 is 0 Å². The molecule has 0 aromatic carbocycles. The molecule has 0 N–H and O–H groups in total. The number of hydrogen-bond acceptors (Lipinski definition) is 5. The largest absolute Gasteiger partial charge is 0.365 e. The first kappa shape index (κ1) is 17.9. The highest BCUT2D eigenvalue weighted by atomic mass is 32.2. The van der Waals surface area contributed by atoms with Crippen molar-refractivity contribution in [3.05, 3.63) is 30.1 Å². The van der Waals surface area contributed by atoms with Gasteiger partial charge in [-0.2, -0.15) is 4.31 Å². The Bertz CT molecular complexity index is 798. The lowest BCUT2D eigenvalue weighted by molar-refractivity contribution is -0.0977. The predicted octanol–water partition coefficient (Wildman–Crippen LogP) is 1.13. The van der Waals surface area contributed by atoms with Crippen LogP contribution in [0.4, 0.5) is 0 Å². The van der Waals surface area contributed by atoms with Crippen LogP contribution in [0, 0.1) is 5.92 Å². The third kappa shape index (κ3) is 2.84. The number of rotatable bonds is 4. The van der Waals surface area contributed by atoms with Gasteiger partial charge in [-0.05, 0) is 30.9 Å². The third-order valence-electron chi connectivity index (χ3n) is 5.68. The SMILES string of the molecule is CC(C)CCN1C[C@@]23CN(C(=O)c4ccncc4)C[C@@H](C[C@@H]2S1(=O)=O)O3. The molecule has 26 heavy (non-hydrogen) atoms. The molecule has 1 spiro atoms. The van der Waals surface area contributed by atoms with Gasteiger partial charge in [-0.15, -0.1) is 0 Å². The van der Waals surface area contributed by atoms with E-state index in [2.05, 4.69) is 18.8 Å². The molecule has 1 amide bonds. The summed E-state index contributed by atoms with van der Waals surface area (Å²) in [5.74, 6) is 0.353. The number of amides is 1. The fourth-order valence-corrected chi connectivity index (χ4v) is 6.71. The molecule has 3 aliphatic heterocycles. The topological polar surface area (TPSA) is 79.8 Å². The van der Waals surface area contributed by atoms with Crippen LogP contribution in [0.2, 0.25) is 0 Å². The van der Waals surface area contributed by atoms with Crippen molar-refractivity contribution in [2.75, 3.05) is 26.2 Å². The van der Waals surface area contributed by atoms with Crippen molar-refractivity contribution in [2.24, 2.45) is 5.92 Å². The van der Waals surface area contributed by atoms with Crippen molar-refractivity contribution in [3.63, 3.8) is 0 Å². The van der Waals surface area contributed by atoms with Gasteiger partial charge in [0.15, 0.2) is 0 Å². The molecule has 1 aromatic rings. The fraction of sp³-hybridized carbons (Fsp3) is 0.667. The zero-order valence-corrected chi connectivity index (χ0v) is 16.0. The number of sulfonamides is 1. The summed E-state index contributed by atoms with van der Waals surface area (Å²) in [6.45, 7) is 5.82. The highest BCUT2D eigenvalue weighted by molar-refractivity contribution is 7.90. The molecule has 3 aliphatic rings. The van der Waals surface area contributed by atoms with Crippen molar-refractivity contribution in [1.29, 1.82) is 0 Å². The monoisotopic (exact) mass is 379 g/mol. The molecule has 7 nitrogen and oxygen atoms in total.